The summed E-state index contributed by atoms with van der Waals surface area (Å²) in [6, 6.07) is 10.4. The number of amides is 1. The summed E-state index contributed by atoms with van der Waals surface area (Å²) < 4.78 is 0. The maximum absolute atomic E-state index is 12.5. The molecule has 2 fully saturated rings. The Morgan fingerprint density at radius 1 is 1.18 bits per heavy atom. The molecule has 1 aromatic carbocycles. The van der Waals surface area contributed by atoms with Gasteiger partial charge in [-0.05, 0) is 67.3 Å². The highest BCUT2D eigenvalue weighted by molar-refractivity contribution is 6.30. The Morgan fingerprint density at radius 2 is 2.00 bits per heavy atom. The molecule has 5 nitrogen and oxygen atoms in total. The van der Waals surface area contributed by atoms with Crippen molar-refractivity contribution in [2.75, 3.05) is 6.54 Å². The fourth-order valence-electron chi connectivity index (χ4n) is 5.07. The van der Waals surface area contributed by atoms with Crippen LogP contribution in [0.5, 0.6) is 0 Å². The zero-order chi connectivity index (χ0) is 19.6. The van der Waals surface area contributed by atoms with E-state index in [2.05, 4.69) is 27.2 Å². The van der Waals surface area contributed by atoms with Crippen LogP contribution in [0.4, 0.5) is 0 Å². The molecule has 6 heteroatoms. The number of hydrogen-bond donors (Lipinski definition) is 1. The third-order valence-electron chi connectivity index (χ3n) is 6.73. The molecule has 1 saturated heterocycles. The average molecular weight is 399 g/mol. The van der Waals surface area contributed by atoms with Gasteiger partial charge in [0.2, 0.25) is 5.91 Å². The van der Waals surface area contributed by atoms with Crippen molar-refractivity contribution >= 4 is 17.5 Å². The minimum atomic E-state index is 0.00383. The zero-order valence-electron chi connectivity index (χ0n) is 16.1. The van der Waals surface area contributed by atoms with Crippen molar-refractivity contribution in [1.29, 1.82) is 0 Å². The first kappa shape index (κ1) is 19.3. The molecule has 148 valence electrons. The summed E-state index contributed by atoms with van der Waals surface area (Å²) in [5.74, 6) is 0.785. The Balaban J connectivity index is 1.47. The third-order valence-corrected chi connectivity index (χ3v) is 6.97. The molecule has 2 heterocycles. The van der Waals surface area contributed by atoms with E-state index in [1.165, 1.54) is 5.56 Å². The standard InChI is InChI=1S/C22H27ClN4O/c23-19-3-1-2-18(12-19)22(15-24)9-6-17(7-10-22)20-4-5-21(28)27(20)14-16-8-11-25-26-13-16/h1-3,8,11-13,17,20H,4-7,9-10,14-15,24H2. The molecule has 0 spiro atoms. The average Bonchev–Trinajstić information content (AvgIpc) is 3.09. The number of carbonyl (C=O) groups excluding carboxylic acids is 1. The Bertz CT molecular complexity index is 820. The number of hydrogen-bond acceptors (Lipinski definition) is 4. The molecule has 4 rings (SSSR count). The normalized spacial score (nSPS) is 27.9. The van der Waals surface area contributed by atoms with Crippen molar-refractivity contribution in [3.05, 3.63) is 58.9 Å². The summed E-state index contributed by atoms with van der Waals surface area (Å²) in [4.78, 5) is 14.6. The number of nitrogens with zero attached hydrogens (tertiary/aromatic N) is 3. The lowest BCUT2D eigenvalue weighted by atomic mass is 9.65. The summed E-state index contributed by atoms with van der Waals surface area (Å²) in [5.41, 5.74) is 8.55. The van der Waals surface area contributed by atoms with Crippen LogP contribution in [-0.4, -0.2) is 33.6 Å². The van der Waals surface area contributed by atoms with Crippen molar-refractivity contribution in [2.24, 2.45) is 11.7 Å². The highest BCUT2D eigenvalue weighted by Crippen LogP contribution is 2.45. The number of halogens is 1. The second-order valence-electron chi connectivity index (χ2n) is 8.21. The van der Waals surface area contributed by atoms with Gasteiger partial charge in [0.1, 0.15) is 0 Å². The van der Waals surface area contributed by atoms with Gasteiger partial charge in [0.05, 0.1) is 6.20 Å². The second-order valence-corrected chi connectivity index (χ2v) is 8.65. The fourth-order valence-corrected chi connectivity index (χ4v) is 5.26. The Kier molecular flexibility index (Phi) is 5.65. The van der Waals surface area contributed by atoms with Crippen LogP contribution in [-0.2, 0) is 16.8 Å². The number of rotatable bonds is 5. The number of nitrogens with two attached hydrogens (primary N) is 1. The monoisotopic (exact) mass is 398 g/mol. The molecular weight excluding hydrogens is 372 g/mol. The van der Waals surface area contributed by atoms with Crippen molar-refractivity contribution in [3.63, 3.8) is 0 Å². The summed E-state index contributed by atoms with van der Waals surface area (Å²) in [6.07, 6.45) is 9.31. The highest BCUT2D eigenvalue weighted by Gasteiger charge is 2.42. The van der Waals surface area contributed by atoms with E-state index in [0.29, 0.717) is 31.5 Å². The molecule has 1 amide bonds. The lowest BCUT2D eigenvalue weighted by Gasteiger charge is -2.43. The lowest BCUT2D eigenvalue weighted by molar-refractivity contribution is -0.130. The number of carbonyl (C=O) groups is 1. The quantitative estimate of drug-likeness (QED) is 0.833. The van der Waals surface area contributed by atoms with Gasteiger partial charge in [0.25, 0.3) is 0 Å². The Hall–Kier alpha value is -1.98. The molecule has 28 heavy (non-hydrogen) atoms. The molecule has 2 aromatic rings. The number of aromatic nitrogens is 2. The lowest BCUT2D eigenvalue weighted by Crippen LogP contribution is -2.44. The van der Waals surface area contributed by atoms with Crippen molar-refractivity contribution in [2.45, 2.75) is 56.5 Å². The summed E-state index contributed by atoms with van der Waals surface area (Å²) in [7, 11) is 0. The predicted molar refractivity (Wildman–Crippen MR) is 110 cm³/mol. The van der Waals surface area contributed by atoms with E-state index in [-0.39, 0.29) is 11.3 Å². The largest absolute Gasteiger partial charge is 0.335 e. The van der Waals surface area contributed by atoms with Gasteiger partial charge in [-0.25, -0.2) is 0 Å². The fraction of sp³-hybridized carbons (Fsp3) is 0.500. The van der Waals surface area contributed by atoms with E-state index in [1.54, 1.807) is 12.4 Å². The number of likely N-dealkylation sites (tertiary alicyclic amines) is 1. The third kappa shape index (κ3) is 3.78. The predicted octanol–water partition coefficient (Wildman–Crippen LogP) is 3.71. The maximum atomic E-state index is 12.5. The number of benzene rings is 1. The first-order valence-electron chi connectivity index (χ1n) is 10.1. The van der Waals surface area contributed by atoms with E-state index in [1.807, 2.05) is 18.2 Å². The molecule has 1 aliphatic heterocycles. The van der Waals surface area contributed by atoms with Gasteiger partial charge in [0, 0.05) is 42.2 Å². The van der Waals surface area contributed by atoms with E-state index in [4.69, 9.17) is 17.3 Å². The minimum absolute atomic E-state index is 0.00383. The van der Waals surface area contributed by atoms with Crippen LogP contribution in [0.1, 0.15) is 49.7 Å². The molecule has 0 radical (unpaired) electrons. The van der Waals surface area contributed by atoms with Crippen LogP contribution in [0.3, 0.4) is 0 Å². The van der Waals surface area contributed by atoms with E-state index in [0.717, 1.165) is 42.7 Å². The summed E-state index contributed by atoms with van der Waals surface area (Å²) >= 11 is 6.23. The molecule has 1 aliphatic carbocycles. The van der Waals surface area contributed by atoms with Gasteiger partial charge in [-0.1, -0.05) is 23.7 Å². The topological polar surface area (TPSA) is 72.1 Å². The van der Waals surface area contributed by atoms with Crippen molar-refractivity contribution < 1.29 is 4.79 Å². The minimum Gasteiger partial charge on any atom is -0.335 e. The van der Waals surface area contributed by atoms with Gasteiger partial charge < -0.3 is 10.6 Å². The Labute approximate surface area is 171 Å². The van der Waals surface area contributed by atoms with E-state index < -0.39 is 0 Å². The van der Waals surface area contributed by atoms with Crippen molar-refractivity contribution in [3.8, 4) is 0 Å². The smallest absolute Gasteiger partial charge is 0.223 e. The van der Waals surface area contributed by atoms with Gasteiger partial charge in [-0.15, -0.1) is 0 Å². The molecule has 1 saturated carbocycles. The van der Waals surface area contributed by atoms with Crippen LogP contribution in [0.25, 0.3) is 0 Å². The van der Waals surface area contributed by atoms with Gasteiger partial charge >= 0.3 is 0 Å². The molecule has 2 aliphatic rings. The van der Waals surface area contributed by atoms with E-state index in [9.17, 15) is 4.79 Å². The van der Waals surface area contributed by atoms with Crippen molar-refractivity contribution in [1.82, 2.24) is 15.1 Å². The van der Waals surface area contributed by atoms with Crippen LogP contribution in [0, 0.1) is 5.92 Å². The van der Waals surface area contributed by atoms with Crippen LogP contribution in [0.2, 0.25) is 5.02 Å². The molecule has 1 aromatic heterocycles. The molecule has 1 unspecified atom stereocenters. The van der Waals surface area contributed by atoms with E-state index >= 15 is 0 Å². The summed E-state index contributed by atoms with van der Waals surface area (Å²) in [6.45, 7) is 1.27. The first-order chi connectivity index (χ1) is 13.6. The van der Waals surface area contributed by atoms with Gasteiger partial charge in [0.15, 0.2) is 0 Å². The molecule has 2 N–H and O–H groups in total. The first-order valence-corrected chi connectivity index (χ1v) is 10.5. The van der Waals surface area contributed by atoms with Crippen LogP contribution < -0.4 is 5.73 Å². The Morgan fingerprint density at radius 3 is 2.68 bits per heavy atom. The second kappa shape index (κ2) is 8.18. The van der Waals surface area contributed by atoms with Gasteiger partial charge in [-0.3, -0.25) is 4.79 Å². The summed E-state index contributed by atoms with van der Waals surface area (Å²) in [5, 5.41) is 8.55. The maximum Gasteiger partial charge on any atom is 0.223 e. The molecular formula is C22H27ClN4O. The van der Waals surface area contributed by atoms with Crippen LogP contribution in [0.15, 0.2) is 42.7 Å². The van der Waals surface area contributed by atoms with Gasteiger partial charge in [-0.2, -0.15) is 10.2 Å². The SMILES string of the molecule is NCC1(c2cccc(Cl)c2)CCC(C2CCC(=O)N2Cc2ccnnc2)CC1. The van der Waals surface area contributed by atoms with Crippen LogP contribution >= 0.6 is 11.6 Å². The molecule has 0 bridgehead atoms. The molecule has 1 atom stereocenters. The highest BCUT2D eigenvalue weighted by atomic mass is 35.5. The zero-order valence-corrected chi connectivity index (χ0v) is 16.8.